The van der Waals surface area contributed by atoms with Crippen molar-refractivity contribution in [1.82, 2.24) is 0 Å². The molecular weight excluding hydrogens is 255 g/mol. The molecule has 0 aliphatic heterocycles. The number of benzene rings is 2. The van der Waals surface area contributed by atoms with Crippen molar-refractivity contribution in [2.24, 2.45) is 0 Å². The van der Waals surface area contributed by atoms with E-state index in [9.17, 15) is 0 Å². The Balaban J connectivity index is 2.30. The summed E-state index contributed by atoms with van der Waals surface area (Å²) in [5.74, 6) is 2.45. The first-order valence-corrected chi connectivity index (χ1v) is 6.37. The van der Waals surface area contributed by atoms with E-state index in [1.54, 1.807) is 0 Å². The lowest BCUT2D eigenvalue weighted by Crippen LogP contribution is -1.91. The number of para-hydroxylation sites is 1. The van der Waals surface area contributed by atoms with Gasteiger partial charge in [0.05, 0.1) is 5.88 Å². The number of hydrogen-bond acceptors (Lipinski definition) is 1. The molecule has 3 heteroatoms. The molecular formula is C14H12Cl2O. The monoisotopic (exact) mass is 266 g/mol. The highest BCUT2D eigenvalue weighted by Crippen LogP contribution is 2.28. The first-order valence-electron chi connectivity index (χ1n) is 5.30. The number of hydrogen-bond donors (Lipinski definition) is 0. The summed E-state index contributed by atoms with van der Waals surface area (Å²) in [6.07, 6.45) is 0. The molecule has 0 aliphatic carbocycles. The Morgan fingerprint density at radius 3 is 2.29 bits per heavy atom. The smallest absolute Gasteiger partial charge is 0.132 e. The topological polar surface area (TPSA) is 9.23 Å². The second-order valence-electron chi connectivity index (χ2n) is 3.62. The molecule has 88 valence electrons. The van der Waals surface area contributed by atoms with Gasteiger partial charge in [0.25, 0.3) is 0 Å². The van der Waals surface area contributed by atoms with Crippen LogP contribution >= 0.6 is 23.2 Å². The Labute approximate surface area is 111 Å². The summed E-state index contributed by atoms with van der Waals surface area (Å²) in [7, 11) is 0. The summed E-state index contributed by atoms with van der Waals surface area (Å²) >= 11 is 11.7. The van der Waals surface area contributed by atoms with Gasteiger partial charge in [0.2, 0.25) is 0 Å². The fourth-order valence-corrected chi connectivity index (χ4v) is 1.89. The van der Waals surface area contributed by atoms with Crippen molar-refractivity contribution in [2.45, 2.75) is 11.8 Å². The standard InChI is InChI=1S/C14H12Cl2O/c15-9-11-6-7-12(10-16)14(8-11)17-13-4-2-1-3-5-13/h1-8H,9-10H2. The molecule has 2 aromatic carbocycles. The molecule has 0 bridgehead atoms. The Kier molecular flexibility index (Phi) is 4.29. The van der Waals surface area contributed by atoms with E-state index in [1.807, 2.05) is 48.5 Å². The second kappa shape index (κ2) is 5.95. The minimum Gasteiger partial charge on any atom is -0.457 e. The number of rotatable bonds is 4. The van der Waals surface area contributed by atoms with Gasteiger partial charge in [-0.1, -0.05) is 30.3 Å². The molecule has 1 nitrogen and oxygen atoms in total. The zero-order chi connectivity index (χ0) is 12.1. The van der Waals surface area contributed by atoms with Crippen LogP contribution in [0.15, 0.2) is 48.5 Å². The molecule has 0 saturated heterocycles. The van der Waals surface area contributed by atoms with E-state index in [2.05, 4.69) is 0 Å². The third-order valence-corrected chi connectivity index (χ3v) is 3.00. The predicted molar refractivity (Wildman–Crippen MR) is 72.1 cm³/mol. The molecule has 17 heavy (non-hydrogen) atoms. The van der Waals surface area contributed by atoms with Gasteiger partial charge in [0.1, 0.15) is 11.5 Å². The van der Waals surface area contributed by atoms with Crippen molar-refractivity contribution in [1.29, 1.82) is 0 Å². The van der Waals surface area contributed by atoms with Crippen LogP contribution in [0.25, 0.3) is 0 Å². The lowest BCUT2D eigenvalue weighted by atomic mass is 10.1. The summed E-state index contributed by atoms with van der Waals surface area (Å²) in [6, 6.07) is 15.5. The molecule has 0 spiro atoms. The van der Waals surface area contributed by atoms with Crippen LogP contribution in [0.2, 0.25) is 0 Å². The third kappa shape index (κ3) is 3.15. The highest BCUT2D eigenvalue weighted by molar-refractivity contribution is 6.17. The maximum absolute atomic E-state index is 5.88. The van der Waals surface area contributed by atoms with Gasteiger partial charge in [-0.25, -0.2) is 0 Å². The van der Waals surface area contributed by atoms with Gasteiger partial charge in [-0.15, -0.1) is 23.2 Å². The molecule has 0 fully saturated rings. The van der Waals surface area contributed by atoms with Gasteiger partial charge in [-0.3, -0.25) is 0 Å². The SMILES string of the molecule is ClCc1ccc(CCl)c(Oc2ccccc2)c1. The Hall–Kier alpha value is -1.18. The van der Waals surface area contributed by atoms with Crippen LogP contribution in [0.3, 0.4) is 0 Å². The van der Waals surface area contributed by atoms with Gasteiger partial charge in [0, 0.05) is 11.4 Å². The lowest BCUT2D eigenvalue weighted by molar-refractivity contribution is 0.478. The molecule has 0 amide bonds. The van der Waals surface area contributed by atoms with E-state index in [0.29, 0.717) is 11.8 Å². The number of halogens is 2. The van der Waals surface area contributed by atoms with E-state index in [1.165, 1.54) is 0 Å². The Morgan fingerprint density at radius 1 is 0.882 bits per heavy atom. The highest BCUT2D eigenvalue weighted by Gasteiger charge is 2.05. The van der Waals surface area contributed by atoms with Gasteiger partial charge in [-0.05, 0) is 23.8 Å². The molecule has 0 unspecified atom stereocenters. The minimum absolute atomic E-state index is 0.421. The highest BCUT2D eigenvalue weighted by atomic mass is 35.5. The van der Waals surface area contributed by atoms with E-state index < -0.39 is 0 Å². The van der Waals surface area contributed by atoms with Gasteiger partial charge in [0.15, 0.2) is 0 Å². The van der Waals surface area contributed by atoms with Crippen LogP contribution in [-0.4, -0.2) is 0 Å². The van der Waals surface area contributed by atoms with Crippen molar-refractivity contribution in [3.63, 3.8) is 0 Å². The Morgan fingerprint density at radius 2 is 1.65 bits per heavy atom. The maximum Gasteiger partial charge on any atom is 0.132 e. The van der Waals surface area contributed by atoms with Gasteiger partial charge >= 0.3 is 0 Å². The normalized spacial score (nSPS) is 10.2. The molecule has 2 rings (SSSR count). The molecule has 0 atom stereocenters. The van der Waals surface area contributed by atoms with E-state index >= 15 is 0 Å². The molecule has 2 aromatic rings. The van der Waals surface area contributed by atoms with Crippen molar-refractivity contribution >= 4 is 23.2 Å². The van der Waals surface area contributed by atoms with Crippen LogP contribution in [0.5, 0.6) is 11.5 Å². The zero-order valence-electron chi connectivity index (χ0n) is 9.20. The third-order valence-electron chi connectivity index (χ3n) is 2.40. The summed E-state index contributed by atoms with van der Waals surface area (Å²) in [4.78, 5) is 0. The maximum atomic E-state index is 5.88. The van der Waals surface area contributed by atoms with E-state index in [-0.39, 0.29) is 0 Å². The average molecular weight is 267 g/mol. The summed E-state index contributed by atoms with van der Waals surface area (Å²) in [5.41, 5.74) is 1.98. The molecule has 0 saturated carbocycles. The number of alkyl halides is 2. The van der Waals surface area contributed by atoms with E-state index in [4.69, 9.17) is 27.9 Å². The zero-order valence-corrected chi connectivity index (χ0v) is 10.7. The lowest BCUT2D eigenvalue weighted by Gasteiger charge is -2.10. The van der Waals surface area contributed by atoms with Crippen molar-refractivity contribution < 1.29 is 4.74 Å². The van der Waals surface area contributed by atoms with Crippen LogP contribution < -0.4 is 4.74 Å². The summed E-state index contributed by atoms with van der Waals surface area (Å²) in [5, 5.41) is 0. The second-order valence-corrected chi connectivity index (χ2v) is 4.16. The largest absolute Gasteiger partial charge is 0.457 e. The first kappa shape index (κ1) is 12.3. The molecule has 0 heterocycles. The van der Waals surface area contributed by atoms with Gasteiger partial charge < -0.3 is 4.74 Å². The fourth-order valence-electron chi connectivity index (χ4n) is 1.50. The molecule has 0 N–H and O–H groups in total. The van der Waals surface area contributed by atoms with Crippen molar-refractivity contribution in [3.05, 3.63) is 59.7 Å². The quantitative estimate of drug-likeness (QED) is 0.711. The number of ether oxygens (including phenoxy) is 1. The Bertz CT molecular complexity index is 483. The molecule has 0 aliphatic rings. The molecule has 0 aromatic heterocycles. The summed E-state index contributed by atoms with van der Waals surface area (Å²) < 4.78 is 5.80. The van der Waals surface area contributed by atoms with Crippen LogP contribution in [0.1, 0.15) is 11.1 Å². The van der Waals surface area contributed by atoms with Crippen LogP contribution in [0.4, 0.5) is 0 Å². The van der Waals surface area contributed by atoms with Crippen LogP contribution in [0, 0.1) is 0 Å². The van der Waals surface area contributed by atoms with Crippen molar-refractivity contribution in [2.75, 3.05) is 0 Å². The minimum atomic E-state index is 0.421. The predicted octanol–water partition coefficient (Wildman–Crippen LogP) is 4.96. The first-order chi connectivity index (χ1) is 8.33. The summed E-state index contributed by atoms with van der Waals surface area (Å²) in [6.45, 7) is 0. The average Bonchev–Trinajstić information content (AvgIpc) is 2.40. The van der Waals surface area contributed by atoms with Crippen molar-refractivity contribution in [3.8, 4) is 11.5 Å². The fraction of sp³-hybridized carbons (Fsp3) is 0.143. The molecule has 0 radical (unpaired) electrons. The van der Waals surface area contributed by atoms with E-state index in [0.717, 1.165) is 22.6 Å². The van der Waals surface area contributed by atoms with Gasteiger partial charge in [-0.2, -0.15) is 0 Å². The van der Waals surface area contributed by atoms with Crippen LogP contribution in [-0.2, 0) is 11.8 Å².